The number of hydrogen-bond acceptors (Lipinski definition) is 3. The van der Waals surface area contributed by atoms with E-state index in [-0.39, 0.29) is 6.10 Å². The fourth-order valence-electron chi connectivity index (χ4n) is 4.37. The van der Waals surface area contributed by atoms with E-state index in [1.54, 1.807) is 0 Å². The van der Waals surface area contributed by atoms with Crippen LogP contribution in [0.25, 0.3) is 0 Å². The summed E-state index contributed by atoms with van der Waals surface area (Å²) in [5.41, 5.74) is 2.68. The Balaban J connectivity index is 1.23. The normalized spacial score (nSPS) is 24.6. The Bertz CT molecular complexity index is 798. The van der Waals surface area contributed by atoms with Gasteiger partial charge in [-0.05, 0) is 37.0 Å². The van der Waals surface area contributed by atoms with E-state index in [4.69, 9.17) is 4.74 Å². The van der Waals surface area contributed by atoms with Crippen LogP contribution in [0.4, 0.5) is 0 Å². The number of nitrogens with one attached hydrogen (secondary N) is 2. The third-order valence-corrected chi connectivity index (χ3v) is 6.02. The van der Waals surface area contributed by atoms with Crippen LogP contribution in [0.1, 0.15) is 30.9 Å². The number of aliphatic imine (C=N–C) groups is 1. The van der Waals surface area contributed by atoms with Crippen LogP contribution in [0.5, 0.6) is 5.75 Å². The number of nitrogens with zero attached hydrogens (tertiary/aromatic N) is 2. The second-order valence-electron chi connectivity index (χ2n) is 8.18. The van der Waals surface area contributed by atoms with E-state index >= 15 is 0 Å². The number of hydrogen-bond donors (Lipinski definition) is 2. The van der Waals surface area contributed by atoms with E-state index in [1.807, 2.05) is 19.2 Å². The van der Waals surface area contributed by atoms with Gasteiger partial charge in [-0.1, -0.05) is 48.5 Å². The van der Waals surface area contributed by atoms with Gasteiger partial charge in [0.2, 0.25) is 0 Å². The summed E-state index contributed by atoms with van der Waals surface area (Å²) in [5, 5.41) is 7.08. The first-order valence-electron chi connectivity index (χ1n) is 10.7. The molecule has 29 heavy (non-hydrogen) atoms. The number of fused-ring (bicyclic) bond motifs is 1. The zero-order chi connectivity index (χ0) is 20.1. The zero-order valence-electron chi connectivity index (χ0n) is 17.5. The maximum absolute atomic E-state index is 6.03. The zero-order valence-corrected chi connectivity index (χ0v) is 17.5. The smallest absolute Gasteiger partial charge is 0.191 e. The van der Waals surface area contributed by atoms with Crippen molar-refractivity contribution in [3.63, 3.8) is 0 Å². The van der Waals surface area contributed by atoms with Crippen molar-refractivity contribution in [1.29, 1.82) is 0 Å². The van der Waals surface area contributed by atoms with E-state index in [0.29, 0.717) is 12.1 Å². The lowest BCUT2D eigenvalue weighted by Gasteiger charge is -2.38. The molecule has 5 heteroatoms. The predicted octanol–water partition coefficient (Wildman–Crippen LogP) is 3.21. The predicted molar refractivity (Wildman–Crippen MR) is 118 cm³/mol. The van der Waals surface area contributed by atoms with Crippen LogP contribution >= 0.6 is 0 Å². The Morgan fingerprint density at radius 3 is 2.69 bits per heavy atom. The summed E-state index contributed by atoms with van der Waals surface area (Å²) in [4.78, 5) is 7.01. The van der Waals surface area contributed by atoms with Gasteiger partial charge in [-0.2, -0.15) is 0 Å². The molecule has 2 N–H and O–H groups in total. The van der Waals surface area contributed by atoms with Gasteiger partial charge >= 0.3 is 0 Å². The largest absolute Gasteiger partial charge is 0.488 e. The van der Waals surface area contributed by atoms with E-state index in [0.717, 1.165) is 50.6 Å². The van der Waals surface area contributed by atoms with Gasteiger partial charge in [0.1, 0.15) is 11.9 Å². The fourth-order valence-corrected chi connectivity index (χ4v) is 4.37. The van der Waals surface area contributed by atoms with Crippen molar-refractivity contribution in [2.24, 2.45) is 4.99 Å². The van der Waals surface area contributed by atoms with Crippen molar-refractivity contribution in [2.45, 2.75) is 50.9 Å². The van der Waals surface area contributed by atoms with Gasteiger partial charge in [-0.25, -0.2) is 0 Å². The Hall–Kier alpha value is -2.53. The molecular weight excluding hydrogens is 360 g/mol. The lowest BCUT2D eigenvalue weighted by molar-refractivity contribution is 0.134. The highest BCUT2D eigenvalue weighted by atomic mass is 16.5. The first-order valence-corrected chi connectivity index (χ1v) is 10.7. The minimum atomic E-state index is 0.164. The lowest BCUT2D eigenvalue weighted by Crippen LogP contribution is -2.52. The van der Waals surface area contributed by atoms with Gasteiger partial charge in [-0.3, -0.25) is 9.89 Å². The van der Waals surface area contributed by atoms with Crippen LogP contribution in [0.2, 0.25) is 0 Å². The Kier molecular flexibility index (Phi) is 6.35. The van der Waals surface area contributed by atoms with Crippen molar-refractivity contribution in [3.05, 3.63) is 65.7 Å². The maximum atomic E-state index is 6.03. The molecule has 5 nitrogen and oxygen atoms in total. The molecule has 0 aliphatic carbocycles. The van der Waals surface area contributed by atoms with Crippen molar-refractivity contribution in [2.75, 3.05) is 20.1 Å². The summed E-state index contributed by atoms with van der Waals surface area (Å²) in [6.45, 7) is 5.22. The Morgan fingerprint density at radius 2 is 1.93 bits per heavy atom. The molecule has 0 amide bonds. The monoisotopic (exact) mass is 392 g/mol. The Labute approximate surface area is 174 Å². The second kappa shape index (κ2) is 9.31. The second-order valence-corrected chi connectivity index (χ2v) is 8.18. The quantitative estimate of drug-likeness (QED) is 0.606. The standard InChI is InChI=1S/C24H32N4O/c1-18-14-21(12-13-28(18)17-19-8-4-3-5-9-19)27-24(25-2)26-16-22-15-20-10-6-7-11-23(20)29-22/h3-11,18,21-22H,12-17H2,1-2H3,(H2,25,26,27). The third kappa shape index (κ3) is 5.10. The van der Waals surface area contributed by atoms with Gasteiger partial charge < -0.3 is 15.4 Å². The molecule has 2 aromatic carbocycles. The number of piperidine rings is 1. The topological polar surface area (TPSA) is 48.9 Å². The molecule has 154 valence electrons. The average molecular weight is 393 g/mol. The number of guanidine groups is 1. The van der Waals surface area contributed by atoms with Crippen LogP contribution < -0.4 is 15.4 Å². The number of ether oxygens (including phenoxy) is 1. The minimum absolute atomic E-state index is 0.164. The number of para-hydroxylation sites is 1. The number of likely N-dealkylation sites (tertiary alicyclic amines) is 1. The third-order valence-electron chi connectivity index (χ3n) is 6.02. The van der Waals surface area contributed by atoms with Gasteiger partial charge in [-0.15, -0.1) is 0 Å². The molecule has 3 unspecified atom stereocenters. The molecule has 0 saturated carbocycles. The number of rotatable bonds is 5. The SMILES string of the molecule is CN=C(NCC1Cc2ccccc2O1)NC1CCN(Cc2ccccc2)C(C)C1. The van der Waals surface area contributed by atoms with Crippen molar-refractivity contribution < 1.29 is 4.74 Å². The molecule has 2 aliphatic heterocycles. The molecule has 4 rings (SSSR count). The van der Waals surface area contributed by atoms with Gasteiger partial charge in [0.05, 0.1) is 6.54 Å². The summed E-state index contributed by atoms with van der Waals surface area (Å²) in [6.07, 6.45) is 3.37. The molecule has 0 radical (unpaired) electrons. The molecule has 2 aliphatic rings. The molecule has 0 bridgehead atoms. The highest BCUT2D eigenvalue weighted by Crippen LogP contribution is 2.27. The van der Waals surface area contributed by atoms with Crippen LogP contribution in [0.15, 0.2) is 59.6 Å². The minimum Gasteiger partial charge on any atom is -0.488 e. The van der Waals surface area contributed by atoms with Gasteiger partial charge in [0.15, 0.2) is 5.96 Å². The lowest BCUT2D eigenvalue weighted by atomic mass is 9.97. The van der Waals surface area contributed by atoms with Crippen LogP contribution in [-0.4, -0.2) is 49.2 Å². The first-order chi connectivity index (χ1) is 14.2. The van der Waals surface area contributed by atoms with Crippen molar-refractivity contribution >= 4 is 5.96 Å². The molecule has 0 spiro atoms. The Morgan fingerprint density at radius 1 is 1.14 bits per heavy atom. The molecule has 2 aromatic rings. The summed E-state index contributed by atoms with van der Waals surface area (Å²) in [5.74, 6) is 1.89. The van der Waals surface area contributed by atoms with Crippen LogP contribution in [-0.2, 0) is 13.0 Å². The highest BCUT2D eigenvalue weighted by molar-refractivity contribution is 5.80. The fraction of sp³-hybridized carbons (Fsp3) is 0.458. The molecule has 1 fully saturated rings. The van der Waals surface area contributed by atoms with Gasteiger partial charge in [0, 0.05) is 38.6 Å². The summed E-state index contributed by atoms with van der Waals surface area (Å²) < 4.78 is 6.03. The highest BCUT2D eigenvalue weighted by Gasteiger charge is 2.27. The summed E-state index contributed by atoms with van der Waals surface area (Å²) in [6, 6.07) is 20.0. The first kappa shape index (κ1) is 19.8. The molecule has 1 saturated heterocycles. The van der Waals surface area contributed by atoms with E-state index in [9.17, 15) is 0 Å². The maximum Gasteiger partial charge on any atom is 0.191 e. The van der Waals surface area contributed by atoms with Crippen LogP contribution in [0.3, 0.4) is 0 Å². The van der Waals surface area contributed by atoms with Crippen molar-refractivity contribution in [3.8, 4) is 5.75 Å². The summed E-state index contributed by atoms with van der Waals surface area (Å²) in [7, 11) is 1.84. The van der Waals surface area contributed by atoms with Crippen LogP contribution in [0, 0.1) is 0 Å². The van der Waals surface area contributed by atoms with E-state index < -0.39 is 0 Å². The van der Waals surface area contributed by atoms with Gasteiger partial charge in [0.25, 0.3) is 0 Å². The molecule has 0 aromatic heterocycles. The van der Waals surface area contributed by atoms with E-state index in [1.165, 1.54) is 11.1 Å². The molecule has 2 heterocycles. The number of benzene rings is 2. The molecule has 3 atom stereocenters. The van der Waals surface area contributed by atoms with Crippen molar-refractivity contribution in [1.82, 2.24) is 15.5 Å². The average Bonchev–Trinajstić information content (AvgIpc) is 3.17. The summed E-state index contributed by atoms with van der Waals surface area (Å²) >= 11 is 0. The molecular formula is C24H32N4O. The van der Waals surface area contributed by atoms with E-state index in [2.05, 4.69) is 69.9 Å².